The van der Waals surface area contributed by atoms with Crippen molar-refractivity contribution in [1.82, 2.24) is 0 Å². The molecule has 1 unspecified atom stereocenters. The van der Waals surface area contributed by atoms with Gasteiger partial charge in [0, 0.05) is 5.75 Å². The molecule has 0 spiro atoms. The van der Waals surface area contributed by atoms with E-state index in [2.05, 4.69) is 0 Å². The quantitative estimate of drug-likeness (QED) is 0.875. The Morgan fingerprint density at radius 2 is 2.24 bits per heavy atom. The summed E-state index contributed by atoms with van der Waals surface area (Å²) in [5.74, 6) is 1.41. The van der Waals surface area contributed by atoms with E-state index in [1.54, 1.807) is 0 Å². The van der Waals surface area contributed by atoms with E-state index < -0.39 is 5.97 Å². The van der Waals surface area contributed by atoms with Crippen LogP contribution in [0.3, 0.4) is 0 Å². The molecule has 1 aliphatic heterocycles. The Bertz CT molecular complexity index is 419. The minimum Gasteiger partial charge on any atom is -0.480 e. The molecule has 0 aliphatic carbocycles. The maximum absolute atomic E-state index is 10.9. The van der Waals surface area contributed by atoms with Crippen molar-refractivity contribution in [2.75, 3.05) is 6.79 Å². The first-order valence-corrected chi connectivity index (χ1v) is 6.48. The maximum Gasteiger partial charge on any atom is 0.316 e. The Balaban J connectivity index is 1.97. The van der Waals surface area contributed by atoms with E-state index >= 15 is 0 Å². The molecule has 1 aromatic rings. The molecule has 0 bridgehead atoms. The van der Waals surface area contributed by atoms with Crippen molar-refractivity contribution >= 4 is 17.7 Å². The fourth-order valence-electron chi connectivity index (χ4n) is 1.59. The van der Waals surface area contributed by atoms with E-state index in [0.29, 0.717) is 12.2 Å². The van der Waals surface area contributed by atoms with E-state index in [1.807, 2.05) is 25.1 Å². The van der Waals surface area contributed by atoms with Crippen LogP contribution in [0.4, 0.5) is 0 Å². The summed E-state index contributed by atoms with van der Waals surface area (Å²) in [4.78, 5) is 10.9. The Labute approximate surface area is 104 Å². The van der Waals surface area contributed by atoms with Gasteiger partial charge in [-0.25, -0.2) is 0 Å². The van der Waals surface area contributed by atoms with Crippen LogP contribution in [0.15, 0.2) is 18.2 Å². The number of carbonyl (C=O) groups is 1. The molecule has 0 saturated carbocycles. The largest absolute Gasteiger partial charge is 0.480 e. The van der Waals surface area contributed by atoms with Gasteiger partial charge in [-0.3, -0.25) is 4.79 Å². The second-order valence-corrected chi connectivity index (χ2v) is 4.92. The van der Waals surface area contributed by atoms with Gasteiger partial charge in [-0.05, 0) is 24.1 Å². The van der Waals surface area contributed by atoms with Crippen molar-refractivity contribution in [2.24, 2.45) is 0 Å². The average Bonchev–Trinajstić information content (AvgIpc) is 2.76. The number of thioether (sulfide) groups is 1. The Hall–Kier alpha value is -1.36. The predicted octanol–water partition coefficient (Wildman–Crippen LogP) is 2.51. The minimum absolute atomic E-state index is 0.263. The number of benzene rings is 1. The van der Waals surface area contributed by atoms with E-state index in [0.717, 1.165) is 17.1 Å². The van der Waals surface area contributed by atoms with Gasteiger partial charge in [0.05, 0.1) is 0 Å². The number of carboxylic acids is 1. The third-order valence-electron chi connectivity index (χ3n) is 2.53. The summed E-state index contributed by atoms with van der Waals surface area (Å²) < 4.78 is 10.5. The van der Waals surface area contributed by atoms with Crippen LogP contribution in [-0.2, 0) is 10.5 Å². The Morgan fingerprint density at radius 1 is 1.47 bits per heavy atom. The molecule has 0 amide bonds. The van der Waals surface area contributed by atoms with Gasteiger partial charge < -0.3 is 14.6 Å². The minimum atomic E-state index is -0.752. The highest BCUT2D eigenvalue weighted by atomic mass is 32.2. The lowest BCUT2D eigenvalue weighted by molar-refractivity contribution is -0.136. The molecule has 17 heavy (non-hydrogen) atoms. The van der Waals surface area contributed by atoms with Gasteiger partial charge in [-0.2, -0.15) is 0 Å². The summed E-state index contributed by atoms with van der Waals surface area (Å²) in [6.45, 7) is 2.14. The topological polar surface area (TPSA) is 55.8 Å². The van der Waals surface area contributed by atoms with E-state index in [9.17, 15) is 4.79 Å². The molecule has 0 radical (unpaired) electrons. The van der Waals surface area contributed by atoms with Crippen molar-refractivity contribution in [2.45, 2.75) is 24.3 Å². The number of hydrogen-bond acceptors (Lipinski definition) is 4. The van der Waals surface area contributed by atoms with Crippen LogP contribution < -0.4 is 9.47 Å². The SMILES string of the molecule is CCC(SCc1ccc2c(c1)OCO2)C(=O)O. The summed E-state index contributed by atoms with van der Waals surface area (Å²) >= 11 is 1.43. The molecule has 2 rings (SSSR count). The van der Waals surface area contributed by atoms with Crippen LogP contribution in [-0.4, -0.2) is 23.1 Å². The van der Waals surface area contributed by atoms with Crippen LogP contribution in [0, 0.1) is 0 Å². The zero-order valence-corrected chi connectivity index (χ0v) is 10.3. The number of ether oxygens (including phenoxy) is 2. The monoisotopic (exact) mass is 254 g/mol. The highest BCUT2D eigenvalue weighted by molar-refractivity contribution is 7.99. The summed E-state index contributed by atoms with van der Waals surface area (Å²) in [5.41, 5.74) is 1.05. The molecule has 0 aromatic heterocycles. The van der Waals surface area contributed by atoms with Gasteiger partial charge in [-0.15, -0.1) is 11.8 Å². The fourth-order valence-corrected chi connectivity index (χ4v) is 2.54. The Morgan fingerprint density at radius 3 is 2.94 bits per heavy atom. The molecule has 5 heteroatoms. The molecule has 1 heterocycles. The number of fused-ring (bicyclic) bond motifs is 1. The van der Waals surface area contributed by atoms with Crippen LogP contribution in [0.1, 0.15) is 18.9 Å². The smallest absolute Gasteiger partial charge is 0.316 e. The highest BCUT2D eigenvalue weighted by Crippen LogP contribution is 2.34. The second kappa shape index (κ2) is 5.31. The third kappa shape index (κ3) is 2.85. The molecule has 4 nitrogen and oxygen atoms in total. The zero-order chi connectivity index (χ0) is 12.3. The molecule has 1 atom stereocenters. The average molecular weight is 254 g/mol. The van der Waals surface area contributed by atoms with Crippen molar-refractivity contribution < 1.29 is 19.4 Å². The van der Waals surface area contributed by atoms with Crippen LogP contribution in [0.5, 0.6) is 11.5 Å². The van der Waals surface area contributed by atoms with E-state index in [1.165, 1.54) is 11.8 Å². The summed E-state index contributed by atoms with van der Waals surface area (Å²) in [5, 5.41) is 8.59. The zero-order valence-electron chi connectivity index (χ0n) is 9.51. The maximum atomic E-state index is 10.9. The molecule has 1 aliphatic rings. The molecule has 1 N–H and O–H groups in total. The normalized spacial score (nSPS) is 14.6. The van der Waals surface area contributed by atoms with Crippen LogP contribution in [0.2, 0.25) is 0 Å². The second-order valence-electron chi connectivity index (χ2n) is 3.73. The lowest BCUT2D eigenvalue weighted by atomic mass is 10.2. The molecular weight excluding hydrogens is 240 g/mol. The van der Waals surface area contributed by atoms with E-state index in [4.69, 9.17) is 14.6 Å². The summed E-state index contributed by atoms with van der Waals surface area (Å²) in [6, 6.07) is 5.71. The third-order valence-corrected chi connectivity index (χ3v) is 3.97. The van der Waals surface area contributed by atoms with Crippen molar-refractivity contribution in [3.63, 3.8) is 0 Å². The molecule has 0 saturated heterocycles. The van der Waals surface area contributed by atoms with Gasteiger partial charge in [0.25, 0.3) is 0 Å². The van der Waals surface area contributed by atoms with Gasteiger partial charge in [0.15, 0.2) is 11.5 Å². The summed E-state index contributed by atoms with van der Waals surface area (Å²) in [7, 11) is 0. The predicted molar refractivity (Wildman–Crippen MR) is 65.6 cm³/mol. The first-order valence-electron chi connectivity index (χ1n) is 5.43. The lowest BCUT2D eigenvalue weighted by Crippen LogP contribution is -2.14. The van der Waals surface area contributed by atoms with Crippen molar-refractivity contribution in [3.8, 4) is 11.5 Å². The highest BCUT2D eigenvalue weighted by Gasteiger charge is 2.17. The van der Waals surface area contributed by atoms with Crippen LogP contribution >= 0.6 is 11.8 Å². The molecular formula is C12H14O4S. The van der Waals surface area contributed by atoms with Gasteiger partial charge in [0.1, 0.15) is 5.25 Å². The van der Waals surface area contributed by atoms with Crippen molar-refractivity contribution in [1.29, 1.82) is 0 Å². The molecule has 92 valence electrons. The first kappa shape index (κ1) is 12.1. The van der Waals surface area contributed by atoms with Gasteiger partial charge >= 0.3 is 5.97 Å². The molecule has 1 aromatic carbocycles. The van der Waals surface area contributed by atoms with E-state index in [-0.39, 0.29) is 12.0 Å². The number of hydrogen-bond donors (Lipinski definition) is 1. The lowest BCUT2D eigenvalue weighted by Gasteiger charge is -2.09. The van der Waals surface area contributed by atoms with Gasteiger partial charge in [0.2, 0.25) is 6.79 Å². The standard InChI is InChI=1S/C12H14O4S/c1-2-11(12(13)14)17-6-8-3-4-9-10(5-8)16-7-15-9/h3-5,11H,2,6-7H2,1H3,(H,13,14). The van der Waals surface area contributed by atoms with Crippen molar-refractivity contribution in [3.05, 3.63) is 23.8 Å². The Kier molecular flexibility index (Phi) is 3.78. The molecule has 0 fully saturated rings. The van der Waals surface area contributed by atoms with Crippen LogP contribution in [0.25, 0.3) is 0 Å². The summed E-state index contributed by atoms with van der Waals surface area (Å²) in [6.07, 6.45) is 0.630. The fraction of sp³-hybridized carbons (Fsp3) is 0.417. The number of aliphatic carboxylic acids is 1. The number of rotatable bonds is 5. The first-order chi connectivity index (χ1) is 8.20. The number of carboxylic acid groups (broad SMARTS) is 1. The van der Waals surface area contributed by atoms with Gasteiger partial charge in [-0.1, -0.05) is 13.0 Å².